The molecule has 0 amide bonds. The van der Waals surface area contributed by atoms with E-state index in [0.29, 0.717) is 17.8 Å². The number of hydrogen-bond donors (Lipinski definition) is 1. The predicted octanol–water partition coefficient (Wildman–Crippen LogP) is 5.78. The minimum absolute atomic E-state index is 0.184. The second-order valence-corrected chi connectivity index (χ2v) is 8.24. The molecule has 130 valence electrons. The molecular weight excluding hydrogens is 428 g/mol. The van der Waals surface area contributed by atoms with E-state index in [-0.39, 0.29) is 5.82 Å². The Morgan fingerprint density at radius 3 is 2.68 bits per heavy atom. The number of aromatic nitrogens is 3. The number of hydrogen-bond acceptors (Lipinski definition) is 2. The summed E-state index contributed by atoms with van der Waals surface area (Å²) in [5.74, 6) is 2.52. The summed E-state index contributed by atoms with van der Waals surface area (Å²) < 4.78 is 14.8. The molecule has 2 heterocycles. The molecule has 3 nitrogen and oxygen atoms in total. The van der Waals surface area contributed by atoms with Gasteiger partial charge >= 0.3 is 0 Å². The van der Waals surface area contributed by atoms with E-state index in [9.17, 15) is 4.39 Å². The highest BCUT2D eigenvalue weighted by Crippen LogP contribution is 2.42. The lowest BCUT2D eigenvalue weighted by Gasteiger charge is -2.32. The third-order valence-corrected chi connectivity index (χ3v) is 6.20. The topological polar surface area (TPSA) is 41.6 Å². The first-order valence-corrected chi connectivity index (χ1v) is 9.94. The Bertz CT molecular complexity index is 884. The van der Waals surface area contributed by atoms with Gasteiger partial charge in [0.2, 0.25) is 0 Å². The van der Waals surface area contributed by atoms with Crippen LogP contribution in [-0.4, -0.2) is 15.0 Å². The molecule has 1 fully saturated rings. The van der Waals surface area contributed by atoms with Crippen LogP contribution < -0.4 is 0 Å². The van der Waals surface area contributed by atoms with E-state index in [2.05, 4.69) is 50.5 Å². The SMILES string of the molecule is C[C@H](c1ncc(I)[nH]1)C1CCC(c2ccnc3ccc(F)cc23)CC1. The van der Waals surface area contributed by atoms with Gasteiger partial charge in [-0.05, 0) is 89.9 Å². The van der Waals surface area contributed by atoms with Crippen LogP contribution in [0, 0.1) is 15.4 Å². The summed E-state index contributed by atoms with van der Waals surface area (Å²) in [5.41, 5.74) is 2.14. The highest BCUT2D eigenvalue weighted by molar-refractivity contribution is 14.1. The second kappa shape index (κ2) is 7.02. The molecule has 1 saturated carbocycles. The fourth-order valence-electron chi connectivity index (χ4n) is 4.19. The van der Waals surface area contributed by atoms with Gasteiger partial charge in [0.15, 0.2) is 0 Å². The van der Waals surface area contributed by atoms with Gasteiger partial charge in [-0.15, -0.1) is 0 Å². The van der Waals surface area contributed by atoms with Crippen LogP contribution in [-0.2, 0) is 0 Å². The molecule has 4 rings (SSSR count). The van der Waals surface area contributed by atoms with Gasteiger partial charge in [-0.3, -0.25) is 4.98 Å². The van der Waals surface area contributed by atoms with Crippen molar-refractivity contribution < 1.29 is 4.39 Å². The molecule has 3 aromatic rings. The molecule has 0 unspecified atom stereocenters. The van der Waals surface area contributed by atoms with E-state index in [1.165, 1.54) is 24.5 Å². The number of halogens is 2. The van der Waals surface area contributed by atoms with E-state index in [1.54, 1.807) is 12.1 Å². The molecule has 1 aromatic carbocycles. The van der Waals surface area contributed by atoms with Gasteiger partial charge in [0.05, 0.1) is 15.4 Å². The molecule has 1 aliphatic rings. The van der Waals surface area contributed by atoms with Crippen molar-refractivity contribution in [2.24, 2.45) is 5.92 Å². The summed E-state index contributed by atoms with van der Waals surface area (Å²) in [6.07, 6.45) is 8.40. The third-order valence-electron chi connectivity index (χ3n) is 5.65. The molecule has 1 aliphatic carbocycles. The van der Waals surface area contributed by atoms with Crippen molar-refractivity contribution in [2.45, 2.75) is 44.4 Å². The number of nitrogens with zero attached hydrogens (tertiary/aromatic N) is 2. The maximum Gasteiger partial charge on any atom is 0.123 e. The number of nitrogens with one attached hydrogen (secondary N) is 1. The highest BCUT2D eigenvalue weighted by atomic mass is 127. The Hall–Kier alpha value is -1.50. The van der Waals surface area contributed by atoms with Gasteiger partial charge in [0.1, 0.15) is 11.6 Å². The van der Waals surface area contributed by atoms with Crippen LogP contribution in [0.4, 0.5) is 4.39 Å². The molecule has 2 aromatic heterocycles. The fraction of sp³-hybridized carbons (Fsp3) is 0.400. The molecule has 5 heteroatoms. The van der Waals surface area contributed by atoms with Crippen molar-refractivity contribution in [3.05, 3.63) is 57.6 Å². The molecule has 1 atom stereocenters. The van der Waals surface area contributed by atoms with E-state index in [4.69, 9.17) is 0 Å². The largest absolute Gasteiger partial charge is 0.337 e. The quantitative estimate of drug-likeness (QED) is 0.516. The van der Waals surface area contributed by atoms with Gasteiger partial charge < -0.3 is 4.98 Å². The summed E-state index contributed by atoms with van der Waals surface area (Å²) in [6, 6.07) is 6.98. The van der Waals surface area contributed by atoms with Crippen LogP contribution in [0.5, 0.6) is 0 Å². The number of benzene rings is 1. The number of pyridine rings is 1. The molecule has 0 aliphatic heterocycles. The minimum atomic E-state index is -0.184. The molecule has 0 radical (unpaired) electrons. The summed E-state index contributed by atoms with van der Waals surface area (Å²) in [6.45, 7) is 2.27. The number of aromatic amines is 1. The molecule has 0 saturated heterocycles. The number of fused-ring (bicyclic) bond motifs is 1. The van der Waals surface area contributed by atoms with E-state index < -0.39 is 0 Å². The van der Waals surface area contributed by atoms with Crippen molar-refractivity contribution in [1.82, 2.24) is 15.0 Å². The Labute approximate surface area is 160 Å². The monoisotopic (exact) mass is 449 g/mol. The van der Waals surface area contributed by atoms with E-state index in [1.807, 2.05) is 12.4 Å². The van der Waals surface area contributed by atoms with Crippen LogP contribution in [0.2, 0.25) is 0 Å². The van der Waals surface area contributed by atoms with Crippen LogP contribution in [0.25, 0.3) is 10.9 Å². The Morgan fingerprint density at radius 1 is 1.16 bits per heavy atom. The lowest BCUT2D eigenvalue weighted by Crippen LogP contribution is -2.19. The molecule has 0 bridgehead atoms. The van der Waals surface area contributed by atoms with Gasteiger partial charge in [-0.2, -0.15) is 0 Å². The summed E-state index contributed by atoms with van der Waals surface area (Å²) in [4.78, 5) is 12.3. The maximum absolute atomic E-state index is 13.7. The number of rotatable bonds is 3. The zero-order valence-corrected chi connectivity index (χ0v) is 16.3. The minimum Gasteiger partial charge on any atom is -0.337 e. The summed E-state index contributed by atoms with van der Waals surface area (Å²) in [7, 11) is 0. The average Bonchev–Trinajstić information content (AvgIpc) is 3.07. The van der Waals surface area contributed by atoms with Gasteiger partial charge in [0, 0.05) is 17.5 Å². The van der Waals surface area contributed by atoms with Crippen LogP contribution in [0.1, 0.15) is 55.8 Å². The zero-order valence-electron chi connectivity index (χ0n) is 14.2. The maximum atomic E-state index is 13.7. The molecule has 0 spiro atoms. The molecule has 25 heavy (non-hydrogen) atoms. The van der Waals surface area contributed by atoms with Crippen molar-refractivity contribution in [1.29, 1.82) is 0 Å². The standard InChI is InChI=1S/C20H21FIN3/c1-12(20-24-11-19(22)25-20)13-2-4-14(5-3-13)16-8-9-23-18-7-6-15(21)10-17(16)18/h6-14H,2-5H2,1H3,(H,24,25)/t12-,13?,14?/m0/s1. The number of imidazole rings is 1. The summed E-state index contributed by atoms with van der Waals surface area (Å²) >= 11 is 2.27. The predicted molar refractivity (Wildman–Crippen MR) is 106 cm³/mol. The Balaban J connectivity index is 1.51. The first-order chi connectivity index (χ1) is 12.1. The first kappa shape index (κ1) is 16.9. The Morgan fingerprint density at radius 2 is 1.96 bits per heavy atom. The normalized spacial score (nSPS) is 22.2. The zero-order chi connectivity index (χ0) is 17.4. The van der Waals surface area contributed by atoms with Gasteiger partial charge in [-0.25, -0.2) is 9.37 Å². The average molecular weight is 449 g/mol. The van der Waals surface area contributed by atoms with E-state index in [0.717, 1.165) is 33.3 Å². The number of H-pyrrole nitrogens is 1. The van der Waals surface area contributed by atoms with Crippen LogP contribution in [0.15, 0.2) is 36.7 Å². The smallest absolute Gasteiger partial charge is 0.123 e. The fourth-order valence-corrected chi connectivity index (χ4v) is 4.61. The molecule has 1 N–H and O–H groups in total. The van der Waals surface area contributed by atoms with Crippen molar-refractivity contribution in [3.63, 3.8) is 0 Å². The second-order valence-electron chi connectivity index (χ2n) is 7.08. The highest BCUT2D eigenvalue weighted by Gasteiger charge is 2.28. The van der Waals surface area contributed by atoms with Gasteiger partial charge in [-0.1, -0.05) is 6.92 Å². The van der Waals surface area contributed by atoms with Crippen LogP contribution in [0.3, 0.4) is 0 Å². The van der Waals surface area contributed by atoms with Crippen molar-refractivity contribution >= 4 is 33.5 Å². The van der Waals surface area contributed by atoms with E-state index >= 15 is 0 Å². The lowest BCUT2D eigenvalue weighted by atomic mass is 9.73. The van der Waals surface area contributed by atoms with Crippen molar-refractivity contribution in [3.8, 4) is 0 Å². The Kier molecular flexibility index (Phi) is 4.75. The summed E-state index contributed by atoms with van der Waals surface area (Å²) in [5, 5.41) is 0.972. The lowest BCUT2D eigenvalue weighted by molar-refractivity contribution is 0.286. The van der Waals surface area contributed by atoms with Gasteiger partial charge in [0.25, 0.3) is 0 Å². The third kappa shape index (κ3) is 3.43. The van der Waals surface area contributed by atoms with Crippen LogP contribution >= 0.6 is 22.6 Å². The molecular formula is C20H21FIN3. The first-order valence-electron chi connectivity index (χ1n) is 8.86. The van der Waals surface area contributed by atoms with Crippen molar-refractivity contribution in [2.75, 3.05) is 0 Å².